The molecule has 0 spiro atoms. The zero-order valence-corrected chi connectivity index (χ0v) is 12.8. The molecule has 0 aliphatic heterocycles. The van der Waals surface area contributed by atoms with E-state index in [0.717, 1.165) is 12.0 Å². The van der Waals surface area contributed by atoms with E-state index in [0.29, 0.717) is 17.3 Å². The van der Waals surface area contributed by atoms with E-state index in [4.69, 9.17) is 11.6 Å². The summed E-state index contributed by atoms with van der Waals surface area (Å²) in [6, 6.07) is 16.6. The minimum atomic E-state index is -0.348. The minimum absolute atomic E-state index is 0.197. The second-order valence-electron chi connectivity index (χ2n) is 4.82. The van der Waals surface area contributed by atoms with Crippen LogP contribution < -0.4 is 10.6 Å². The van der Waals surface area contributed by atoms with Crippen LogP contribution in [0.15, 0.2) is 54.6 Å². The summed E-state index contributed by atoms with van der Waals surface area (Å²) < 4.78 is 0. The van der Waals surface area contributed by atoms with Gasteiger partial charge in [-0.1, -0.05) is 41.9 Å². The van der Waals surface area contributed by atoms with Gasteiger partial charge in [0, 0.05) is 17.3 Å². The standard InChI is InChI=1S/C17H17ClN2O2/c18-14-6-8-15(9-7-14)20-17(22)12-16(21)19-11-10-13-4-2-1-3-5-13/h1-9H,10-12H2,(H,19,21)(H,20,22). The molecule has 0 atom stereocenters. The fraction of sp³-hybridized carbons (Fsp3) is 0.176. The Labute approximate surface area is 134 Å². The van der Waals surface area contributed by atoms with Crippen molar-refractivity contribution in [3.05, 3.63) is 65.2 Å². The first-order valence-corrected chi connectivity index (χ1v) is 7.37. The normalized spacial score (nSPS) is 10.0. The van der Waals surface area contributed by atoms with Crippen molar-refractivity contribution in [2.24, 2.45) is 0 Å². The molecule has 2 N–H and O–H groups in total. The molecule has 2 rings (SSSR count). The lowest BCUT2D eigenvalue weighted by molar-refractivity contribution is -0.126. The Bertz CT molecular complexity index is 627. The summed E-state index contributed by atoms with van der Waals surface area (Å²) in [7, 11) is 0. The van der Waals surface area contributed by atoms with Crippen LogP contribution >= 0.6 is 11.6 Å². The van der Waals surface area contributed by atoms with Crippen molar-refractivity contribution in [3.8, 4) is 0 Å². The Morgan fingerprint density at radius 1 is 0.909 bits per heavy atom. The summed E-state index contributed by atoms with van der Waals surface area (Å²) in [5, 5.41) is 5.98. The Hall–Kier alpha value is -2.33. The Morgan fingerprint density at radius 2 is 1.59 bits per heavy atom. The first kappa shape index (κ1) is 16.0. The minimum Gasteiger partial charge on any atom is -0.355 e. The number of hydrogen-bond acceptors (Lipinski definition) is 2. The maximum absolute atomic E-state index is 11.7. The van der Waals surface area contributed by atoms with Crippen LogP contribution in [0.2, 0.25) is 5.02 Å². The molecule has 22 heavy (non-hydrogen) atoms. The zero-order valence-electron chi connectivity index (χ0n) is 12.0. The molecule has 0 aliphatic carbocycles. The van der Waals surface area contributed by atoms with Gasteiger partial charge in [0.2, 0.25) is 11.8 Å². The molecular weight excluding hydrogens is 300 g/mol. The molecule has 2 aromatic carbocycles. The Morgan fingerprint density at radius 3 is 2.27 bits per heavy atom. The average molecular weight is 317 g/mol. The Balaban J connectivity index is 1.70. The number of carbonyl (C=O) groups is 2. The van der Waals surface area contributed by atoms with Gasteiger partial charge in [-0.15, -0.1) is 0 Å². The van der Waals surface area contributed by atoms with Gasteiger partial charge in [-0.2, -0.15) is 0 Å². The SMILES string of the molecule is O=C(CC(=O)Nc1ccc(Cl)cc1)NCCc1ccccc1. The molecule has 0 bridgehead atoms. The number of nitrogens with one attached hydrogen (secondary N) is 2. The van der Waals surface area contributed by atoms with E-state index in [1.165, 1.54) is 0 Å². The number of amides is 2. The van der Waals surface area contributed by atoms with Crippen LogP contribution in [-0.4, -0.2) is 18.4 Å². The fourth-order valence-electron chi connectivity index (χ4n) is 1.94. The molecule has 2 aromatic rings. The molecular formula is C17H17ClN2O2. The highest BCUT2D eigenvalue weighted by molar-refractivity contribution is 6.30. The van der Waals surface area contributed by atoms with E-state index in [2.05, 4.69) is 10.6 Å². The lowest BCUT2D eigenvalue weighted by Crippen LogP contribution is -2.29. The topological polar surface area (TPSA) is 58.2 Å². The molecule has 0 saturated heterocycles. The van der Waals surface area contributed by atoms with Crippen LogP contribution in [0.3, 0.4) is 0 Å². The van der Waals surface area contributed by atoms with Gasteiger partial charge >= 0.3 is 0 Å². The number of benzene rings is 2. The molecule has 0 heterocycles. The number of halogens is 1. The molecule has 0 saturated carbocycles. The Kier molecular flexibility index (Phi) is 5.98. The van der Waals surface area contributed by atoms with Gasteiger partial charge < -0.3 is 10.6 Å². The molecule has 4 nitrogen and oxygen atoms in total. The third-order valence-corrected chi connectivity index (χ3v) is 3.28. The number of anilines is 1. The van der Waals surface area contributed by atoms with Crippen LogP contribution in [0.4, 0.5) is 5.69 Å². The second-order valence-corrected chi connectivity index (χ2v) is 5.25. The van der Waals surface area contributed by atoms with Crippen molar-refractivity contribution in [2.75, 3.05) is 11.9 Å². The second kappa shape index (κ2) is 8.20. The lowest BCUT2D eigenvalue weighted by Gasteiger charge is -2.07. The number of hydrogen-bond donors (Lipinski definition) is 2. The van der Waals surface area contributed by atoms with Crippen molar-refractivity contribution in [3.63, 3.8) is 0 Å². The summed E-state index contributed by atoms with van der Waals surface area (Å²) >= 11 is 5.76. The maximum Gasteiger partial charge on any atom is 0.233 e. The van der Waals surface area contributed by atoms with Crippen molar-refractivity contribution >= 4 is 29.1 Å². The van der Waals surface area contributed by atoms with E-state index in [1.54, 1.807) is 24.3 Å². The molecule has 0 aliphatic rings. The van der Waals surface area contributed by atoms with Crippen LogP contribution in [-0.2, 0) is 16.0 Å². The molecule has 0 fully saturated rings. The highest BCUT2D eigenvalue weighted by atomic mass is 35.5. The number of carbonyl (C=O) groups excluding carboxylic acids is 2. The largest absolute Gasteiger partial charge is 0.355 e. The van der Waals surface area contributed by atoms with E-state index in [9.17, 15) is 9.59 Å². The van der Waals surface area contributed by atoms with Crippen molar-refractivity contribution in [1.29, 1.82) is 0 Å². The van der Waals surface area contributed by atoms with Gasteiger partial charge in [-0.25, -0.2) is 0 Å². The van der Waals surface area contributed by atoms with Crippen LogP contribution in [0.25, 0.3) is 0 Å². The number of rotatable bonds is 6. The summed E-state index contributed by atoms with van der Waals surface area (Å²) in [5.74, 6) is -0.637. The average Bonchev–Trinajstić information content (AvgIpc) is 2.50. The van der Waals surface area contributed by atoms with Crippen molar-refractivity contribution in [2.45, 2.75) is 12.8 Å². The fourth-order valence-corrected chi connectivity index (χ4v) is 2.06. The van der Waals surface area contributed by atoms with Gasteiger partial charge in [0.25, 0.3) is 0 Å². The predicted octanol–water partition coefficient (Wildman–Crippen LogP) is 3.03. The highest BCUT2D eigenvalue weighted by Crippen LogP contribution is 2.13. The van der Waals surface area contributed by atoms with Crippen molar-refractivity contribution < 1.29 is 9.59 Å². The molecule has 5 heteroatoms. The summed E-state index contributed by atoms with van der Waals surface area (Å²) in [6.45, 7) is 0.511. The third kappa shape index (κ3) is 5.58. The van der Waals surface area contributed by atoms with Gasteiger partial charge in [0.05, 0.1) is 0 Å². The highest BCUT2D eigenvalue weighted by Gasteiger charge is 2.09. The van der Waals surface area contributed by atoms with Crippen LogP contribution in [0, 0.1) is 0 Å². The lowest BCUT2D eigenvalue weighted by atomic mass is 10.1. The quantitative estimate of drug-likeness (QED) is 0.805. The monoisotopic (exact) mass is 316 g/mol. The van der Waals surface area contributed by atoms with Gasteiger partial charge in [-0.05, 0) is 36.2 Å². The third-order valence-electron chi connectivity index (χ3n) is 3.03. The maximum atomic E-state index is 11.7. The molecule has 0 unspecified atom stereocenters. The molecule has 114 valence electrons. The molecule has 2 amide bonds. The smallest absolute Gasteiger partial charge is 0.233 e. The van der Waals surface area contributed by atoms with Gasteiger partial charge in [0.1, 0.15) is 6.42 Å². The van der Waals surface area contributed by atoms with Gasteiger partial charge in [-0.3, -0.25) is 9.59 Å². The van der Waals surface area contributed by atoms with E-state index >= 15 is 0 Å². The van der Waals surface area contributed by atoms with Crippen LogP contribution in [0.5, 0.6) is 0 Å². The van der Waals surface area contributed by atoms with E-state index in [1.807, 2.05) is 30.3 Å². The summed E-state index contributed by atoms with van der Waals surface area (Å²) in [6.07, 6.45) is 0.544. The summed E-state index contributed by atoms with van der Waals surface area (Å²) in [5.41, 5.74) is 1.76. The van der Waals surface area contributed by atoms with Crippen molar-refractivity contribution in [1.82, 2.24) is 5.32 Å². The molecule has 0 radical (unpaired) electrons. The molecule has 0 aromatic heterocycles. The van der Waals surface area contributed by atoms with Gasteiger partial charge in [0.15, 0.2) is 0 Å². The van der Waals surface area contributed by atoms with E-state index < -0.39 is 0 Å². The predicted molar refractivity (Wildman–Crippen MR) is 87.9 cm³/mol. The summed E-state index contributed by atoms with van der Waals surface area (Å²) in [4.78, 5) is 23.4. The first-order chi connectivity index (χ1) is 10.6. The zero-order chi connectivity index (χ0) is 15.8. The van der Waals surface area contributed by atoms with E-state index in [-0.39, 0.29) is 18.2 Å². The first-order valence-electron chi connectivity index (χ1n) is 6.99. The van der Waals surface area contributed by atoms with Crippen LogP contribution in [0.1, 0.15) is 12.0 Å².